The second-order valence-electron chi connectivity index (χ2n) is 10.5. The third-order valence-corrected chi connectivity index (χ3v) is 8.09. The first-order valence-corrected chi connectivity index (χ1v) is 13.3. The van der Waals surface area contributed by atoms with Crippen molar-refractivity contribution in [2.75, 3.05) is 26.2 Å². The van der Waals surface area contributed by atoms with E-state index in [-0.39, 0.29) is 29.8 Å². The van der Waals surface area contributed by atoms with Crippen molar-refractivity contribution in [2.24, 2.45) is 5.92 Å². The zero-order valence-corrected chi connectivity index (χ0v) is 21.2. The molecule has 196 valence electrons. The molecule has 0 spiro atoms. The van der Waals surface area contributed by atoms with Gasteiger partial charge in [0.1, 0.15) is 6.33 Å². The number of hydrogen-bond acceptors (Lipinski definition) is 6. The monoisotopic (exact) mass is 512 g/mol. The number of amides is 1. The Labute approximate surface area is 220 Å². The fourth-order valence-electron chi connectivity index (χ4n) is 5.93. The Morgan fingerprint density at radius 3 is 2.68 bits per heavy atom. The molecule has 2 aliphatic rings. The van der Waals surface area contributed by atoms with Crippen molar-refractivity contribution < 1.29 is 9.90 Å². The van der Waals surface area contributed by atoms with E-state index < -0.39 is 5.60 Å². The number of rotatable bonds is 5. The smallest absolute Gasteiger partial charge is 0.262 e. The number of carbonyl (C=O) groups is 1. The molecule has 1 aromatic carbocycles. The molecule has 9 nitrogen and oxygen atoms in total. The van der Waals surface area contributed by atoms with Crippen molar-refractivity contribution in [3.63, 3.8) is 0 Å². The molecule has 2 atom stereocenters. The van der Waals surface area contributed by atoms with Gasteiger partial charge in [-0.1, -0.05) is 30.3 Å². The van der Waals surface area contributed by atoms with Crippen molar-refractivity contribution in [1.29, 1.82) is 0 Å². The Morgan fingerprint density at radius 2 is 1.92 bits per heavy atom. The predicted octanol–water partition coefficient (Wildman–Crippen LogP) is 2.33. The van der Waals surface area contributed by atoms with Crippen molar-refractivity contribution in [1.82, 2.24) is 29.3 Å². The van der Waals surface area contributed by atoms with Crippen LogP contribution in [0.4, 0.5) is 0 Å². The summed E-state index contributed by atoms with van der Waals surface area (Å²) in [5.74, 6) is 0.246. The van der Waals surface area contributed by atoms with Crippen LogP contribution in [0, 0.1) is 5.92 Å². The molecule has 2 fully saturated rings. The Bertz CT molecular complexity index is 1470. The third kappa shape index (κ3) is 4.63. The third-order valence-electron chi connectivity index (χ3n) is 8.09. The van der Waals surface area contributed by atoms with Gasteiger partial charge < -0.3 is 15.3 Å². The van der Waals surface area contributed by atoms with Gasteiger partial charge in [0.15, 0.2) is 5.65 Å². The lowest BCUT2D eigenvalue weighted by Crippen LogP contribution is -2.52. The Morgan fingerprint density at radius 1 is 1.11 bits per heavy atom. The van der Waals surface area contributed by atoms with Crippen LogP contribution in [0.15, 0.2) is 78.2 Å². The first kappa shape index (κ1) is 24.5. The first-order chi connectivity index (χ1) is 18.5. The van der Waals surface area contributed by atoms with Crippen LogP contribution in [0.25, 0.3) is 16.7 Å². The van der Waals surface area contributed by atoms with E-state index in [0.29, 0.717) is 37.0 Å². The summed E-state index contributed by atoms with van der Waals surface area (Å²) in [7, 11) is 0. The average molecular weight is 513 g/mol. The molecule has 5 heterocycles. The summed E-state index contributed by atoms with van der Waals surface area (Å²) in [6.07, 6.45) is 8.37. The standard InChI is InChI=1S/C29H32N6O3/c36-27(23-8-13-31-18-25(23)21-5-2-1-3-6-21)33-15-10-29(38,11-16-33)19-34-20-32-26-24(28(34)37)9-14-35(26)22-7-4-12-30-17-22/h1-7,9,12,14,17,20,23,25,31,38H,8,10-11,13,15-16,18-19H2/t23-,25+/m1/s1. The van der Waals surface area contributed by atoms with E-state index in [0.717, 1.165) is 25.2 Å². The number of carbonyl (C=O) groups excluding carboxylic acids is 1. The molecule has 0 unspecified atom stereocenters. The highest BCUT2D eigenvalue weighted by molar-refractivity contribution is 5.80. The van der Waals surface area contributed by atoms with Crippen LogP contribution < -0.4 is 10.9 Å². The number of nitrogens with zero attached hydrogens (tertiary/aromatic N) is 5. The van der Waals surface area contributed by atoms with E-state index in [9.17, 15) is 14.7 Å². The van der Waals surface area contributed by atoms with Gasteiger partial charge >= 0.3 is 0 Å². The fraction of sp³-hybridized carbons (Fsp3) is 0.379. The van der Waals surface area contributed by atoms with Crippen LogP contribution in [0.1, 0.15) is 30.7 Å². The van der Waals surface area contributed by atoms with Gasteiger partial charge in [0.2, 0.25) is 5.91 Å². The summed E-state index contributed by atoms with van der Waals surface area (Å²) in [6, 6.07) is 15.7. The van der Waals surface area contributed by atoms with Crippen LogP contribution in [0.3, 0.4) is 0 Å². The minimum atomic E-state index is -1.07. The number of pyridine rings is 1. The van der Waals surface area contributed by atoms with E-state index in [1.165, 1.54) is 16.5 Å². The molecule has 0 saturated carbocycles. The lowest BCUT2D eigenvalue weighted by atomic mass is 9.80. The molecular formula is C29H32N6O3. The minimum Gasteiger partial charge on any atom is -0.388 e. The zero-order chi connectivity index (χ0) is 26.1. The lowest BCUT2D eigenvalue weighted by Gasteiger charge is -2.41. The lowest BCUT2D eigenvalue weighted by molar-refractivity contribution is -0.141. The highest BCUT2D eigenvalue weighted by atomic mass is 16.3. The number of hydrogen-bond donors (Lipinski definition) is 2. The Balaban J connectivity index is 1.15. The summed E-state index contributed by atoms with van der Waals surface area (Å²) >= 11 is 0. The number of benzene rings is 1. The van der Waals surface area contributed by atoms with E-state index in [1.807, 2.05) is 46.0 Å². The summed E-state index contributed by atoms with van der Waals surface area (Å²) in [5.41, 5.74) is 1.30. The van der Waals surface area contributed by atoms with Gasteiger partial charge in [0, 0.05) is 43.9 Å². The number of fused-ring (bicyclic) bond motifs is 1. The molecule has 0 aliphatic carbocycles. The number of aliphatic hydroxyl groups is 1. The molecule has 2 N–H and O–H groups in total. The largest absolute Gasteiger partial charge is 0.388 e. The summed E-state index contributed by atoms with van der Waals surface area (Å²) in [5, 5.41) is 15.3. The molecule has 0 radical (unpaired) electrons. The van der Waals surface area contributed by atoms with Gasteiger partial charge in [0.25, 0.3) is 5.56 Å². The van der Waals surface area contributed by atoms with Crippen LogP contribution >= 0.6 is 0 Å². The molecule has 2 aliphatic heterocycles. The second-order valence-corrected chi connectivity index (χ2v) is 10.5. The van der Waals surface area contributed by atoms with E-state index in [1.54, 1.807) is 18.5 Å². The first-order valence-electron chi connectivity index (χ1n) is 13.3. The normalized spacial score (nSPS) is 21.4. The maximum atomic E-state index is 13.6. The van der Waals surface area contributed by atoms with E-state index >= 15 is 0 Å². The maximum absolute atomic E-state index is 13.6. The Hall–Kier alpha value is -3.82. The predicted molar refractivity (Wildman–Crippen MR) is 144 cm³/mol. The Kier molecular flexibility index (Phi) is 6.55. The summed E-state index contributed by atoms with van der Waals surface area (Å²) in [4.78, 5) is 37.4. The molecule has 4 aromatic rings. The minimum absolute atomic E-state index is 0.0667. The van der Waals surface area contributed by atoms with Crippen molar-refractivity contribution in [3.05, 3.63) is 89.4 Å². The number of nitrogens with one attached hydrogen (secondary N) is 1. The summed E-state index contributed by atoms with van der Waals surface area (Å²) in [6.45, 7) is 2.72. The molecule has 9 heteroatoms. The molecule has 3 aromatic heterocycles. The van der Waals surface area contributed by atoms with Crippen LogP contribution in [0.2, 0.25) is 0 Å². The SMILES string of the molecule is O=C([C@@H]1CCNC[C@H]1c1ccccc1)N1CCC(O)(Cn2cnc3c(ccn3-c3cccnc3)c2=O)CC1. The van der Waals surface area contributed by atoms with Crippen LogP contribution in [-0.4, -0.2) is 66.8 Å². The van der Waals surface area contributed by atoms with Gasteiger partial charge in [-0.15, -0.1) is 0 Å². The van der Waals surface area contributed by atoms with Gasteiger partial charge in [-0.05, 0) is 49.6 Å². The van der Waals surface area contributed by atoms with Gasteiger partial charge in [-0.2, -0.15) is 0 Å². The molecule has 0 bridgehead atoms. The number of piperidine rings is 2. The number of likely N-dealkylation sites (tertiary alicyclic amines) is 1. The van der Waals surface area contributed by atoms with E-state index in [2.05, 4.69) is 27.4 Å². The van der Waals surface area contributed by atoms with Gasteiger partial charge in [-0.25, -0.2) is 4.98 Å². The second kappa shape index (κ2) is 10.2. The van der Waals surface area contributed by atoms with Gasteiger partial charge in [-0.3, -0.25) is 23.7 Å². The molecule has 1 amide bonds. The van der Waals surface area contributed by atoms with Crippen LogP contribution in [0.5, 0.6) is 0 Å². The molecule has 2 saturated heterocycles. The van der Waals surface area contributed by atoms with Gasteiger partial charge in [0.05, 0.1) is 29.4 Å². The zero-order valence-electron chi connectivity index (χ0n) is 21.2. The summed E-state index contributed by atoms with van der Waals surface area (Å²) < 4.78 is 3.32. The molecule has 6 rings (SSSR count). The van der Waals surface area contributed by atoms with Crippen molar-refractivity contribution in [2.45, 2.75) is 37.3 Å². The maximum Gasteiger partial charge on any atom is 0.262 e. The highest BCUT2D eigenvalue weighted by Crippen LogP contribution is 2.33. The highest BCUT2D eigenvalue weighted by Gasteiger charge is 2.39. The fourth-order valence-corrected chi connectivity index (χ4v) is 5.93. The van der Waals surface area contributed by atoms with Crippen molar-refractivity contribution in [3.8, 4) is 5.69 Å². The molecule has 38 heavy (non-hydrogen) atoms. The van der Waals surface area contributed by atoms with Crippen LogP contribution in [-0.2, 0) is 11.3 Å². The number of aromatic nitrogens is 4. The molecular weight excluding hydrogens is 480 g/mol. The van der Waals surface area contributed by atoms with Crippen molar-refractivity contribution >= 4 is 16.9 Å². The quantitative estimate of drug-likeness (QED) is 0.425. The average Bonchev–Trinajstić information content (AvgIpc) is 3.40. The van der Waals surface area contributed by atoms with E-state index in [4.69, 9.17) is 0 Å². The topological polar surface area (TPSA) is 105 Å².